The van der Waals surface area contributed by atoms with Crippen LogP contribution in [-0.2, 0) is 6.54 Å². The zero-order chi connectivity index (χ0) is 25.0. The minimum Gasteiger partial charge on any atom is -0.369 e. The number of hydrogen-bond donors (Lipinski definition) is 0. The molecule has 3 aliphatic rings. The molecule has 192 valence electrons. The van der Waals surface area contributed by atoms with Gasteiger partial charge in [0.05, 0.1) is 0 Å². The van der Waals surface area contributed by atoms with E-state index in [2.05, 4.69) is 98.5 Å². The summed E-state index contributed by atoms with van der Waals surface area (Å²) in [6, 6.07) is 28.4. The van der Waals surface area contributed by atoms with E-state index in [0.29, 0.717) is 6.04 Å². The highest BCUT2D eigenvalue weighted by molar-refractivity contribution is 5.99. The SMILES string of the molecule is O=C1c2cc(N3CCN(CCN(c4ccccc4)c4ccccc4)CC3)ccc2CN1C1CCCCC1. The van der Waals surface area contributed by atoms with Crippen molar-refractivity contribution in [1.82, 2.24) is 9.80 Å². The number of hydrogen-bond acceptors (Lipinski definition) is 4. The number of carbonyl (C=O) groups excluding carboxylic acids is 1. The molecule has 1 aliphatic carbocycles. The Kier molecular flexibility index (Phi) is 7.13. The molecule has 5 nitrogen and oxygen atoms in total. The lowest BCUT2D eigenvalue weighted by Gasteiger charge is -2.37. The van der Waals surface area contributed by atoms with E-state index in [0.717, 1.165) is 51.4 Å². The molecule has 2 fully saturated rings. The van der Waals surface area contributed by atoms with Crippen LogP contribution in [0.25, 0.3) is 0 Å². The lowest BCUT2D eigenvalue weighted by molar-refractivity contribution is 0.0660. The number of amides is 1. The Bertz CT molecular complexity index is 1140. The number of benzene rings is 3. The number of piperazine rings is 1. The molecule has 0 bridgehead atoms. The number of rotatable bonds is 7. The number of carbonyl (C=O) groups is 1. The van der Waals surface area contributed by atoms with Crippen molar-refractivity contribution in [2.24, 2.45) is 0 Å². The molecule has 37 heavy (non-hydrogen) atoms. The Balaban J connectivity index is 1.06. The fourth-order valence-corrected chi connectivity index (χ4v) is 6.29. The van der Waals surface area contributed by atoms with Crippen molar-refractivity contribution in [2.45, 2.75) is 44.7 Å². The Morgan fingerprint density at radius 3 is 2.05 bits per heavy atom. The molecule has 0 radical (unpaired) electrons. The number of para-hydroxylation sites is 2. The van der Waals surface area contributed by atoms with E-state index in [-0.39, 0.29) is 5.91 Å². The van der Waals surface area contributed by atoms with Gasteiger partial charge in [0.25, 0.3) is 5.91 Å². The standard InChI is InChI=1S/C32H38N4O/c37-32-31-24-30(17-16-26(31)25-36(32)29-14-8-3-9-15-29)34-21-18-33(19-22-34)20-23-35(27-10-4-1-5-11-27)28-12-6-2-7-13-28/h1-2,4-7,10-13,16-17,24,29H,3,8-9,14-15,18-23,25H2. The third-order valence-electron chi connectivity index (χ3n) is 8.45. The topological polar surface area (TPSA) is 30.0 Å². The van der Waals surface area contributed by atoms with Gasteiger partial charge in [-0.1, -0.05) is 61.7 Å². The van der Waals surface area contributed by atoms with Gasteiger partial charge in [-0.15, -0.1) is 0 Å². The minimum absolute atomic E-state index is 0.254. The second-order valence-electron chi connectivity index (χ2n) is 10.7. The van der Waals surface area contributed by atoms with Crippen LogP contribution in [-0.4, -0.2) is 61.0 Å². The van der Waals surface area contributed by atoms with Crippen LogP contribution in [0, 0.1) is 0 Å². The summed E-state index contributed by atoms with van der Waals surface area (Å²) >= 11 is 0. The molecule has 2 aliphatic heterocycles. The first-order chi connectivity index (χ1) is 18.3. The van der Waals surface area contributed by atoms with Gasteiger partial charge in [0.1, 0.15) is 0 Å². The van der Waals surface area contributed by atoms with Crippen molar-refractivity contribution >= 4 is 23.0 Å². The third kappa shape index (κ3) is 5.24. The first-order valence-electron chi connectivity index (χ1n) is 14.0. The van der Waals surface area contributed by atoms with Crippen molar-refractivity contribution in [1.29, 1.82) is 0 Å². The van der Waals surface area contributed by atoms with Crippen molar-refractivity contribution < 1.29 is 4.79 Å². The van der Waals surface area contributed by atoms with Crippen LogP contribution in [0.2, 0.25) is 0 Å². The second kappa shape index (κ2) is 11.0. The van der Waals surface area contributed by atoms with Gasteiger partial charge in [-0.2, -0.15) is 0 Å². The Labute approximate surface area is 221 Å². The number of anilines is 3. The molecule has 1 saturated carbocycles. The van der Waals surface area contributed by atoms with Crippen molar-refractivity contribution in [3.8, 4) is 0 Å². The van der Waals surface area contributed by atoms with Crippen molar-refractivity contribution in [2.75, 3.05) is 49.1 Å². The first-order valence-corrected chi connectivity index (χ1v) is 14.0. The summed E-state index contributed by atoms with van der Waals surface area (Å²) < 4.78 is 0. The smallest absolute Gasteiger partial charge is 0.254 e. The minimum atomic E-state index is 0.254. The molecule has 3 aromatic rings. The summed E-state index contributed by atoms with van der Waals surface area (Å²) in [6.07, 6.45) is 6.17. The average molecular weight is 495 g/mol. The maximum atomic E-state index is 13.3. The lowest BCUT2D eigenvalue weighted by atomic mass is 9.94. The lowest BCUT2D eigenvalue weighted by Crippen LogP contribution is -2.48. The molecular formula is C32H38N4O. The summed E-state index contributed by atoms with van der Waals surface area (Å²) in [6.45, 7) is 6.85. The maximum absolute atomic E-state index is 13.3. The number of fused-ring (bicyclic) bond motifs is 1. The van der Waals surface area contributed by atoms with E-state index in [1.807, 2.05) is 0 Å². The molecule has 1 amide bonds. The Morgan fingerprint density at radius 1 is 0.757 bits per heavy atom. The van der Waals surface area contributed by atoms with Crippen LogP contribution in [0.1, 0.15) is 48.0 Å². The van der Waals surface area contributed by atoms with E-state index in [1.165, 1.54) is 54.7 Å². The fraction of sp³-hybridized carbons (Fsp3) is 0.406. The van der Waals surface area contributed by atoms with E-state index in [1.54, 1.807) is 0 Å². The summed E-state index contributed by atoms with van der Waals surface area (Å²) in [5.74, 6) is 0.254. The zero-order valence-electron chi connectivity index (χ0n) is 21.8. The van der Waals surface area contributed by atoms with Crippen LogP contribution in [0.15, 0.2) is 78.9 Å². The van der Waals surface area contributed by atoms with Crippen molar-refractivity contribution in [3.05, 3.63) is 90.0 Å². The van der Waals surface area contributed by atoms with Gasteiger partial charge < -0.3 is 14.7 Å². The fourth-order valence-electron chi connectivity index (χ4n) is 6.29. The van der Waals surface area contributed by atoms with Gasteiger partial charge >= 0.3 is 0 Å². The van der Waals surface area contributed by atoms with Gasteiger partial charge in [0.15, 0.2) is 0 Å². The molecule has 2 heterocycles. The molecule has 0 unspecified atom stereocenters. The number of nitrogens with zero attached hydrogens (tertiary/aromatic N) is 4. The van der Waals surface area contributed by atoms with E-state index in [4.69, 9.17) is 0 Å². The van der Waals surface area contributed by atoms with Crippen LogP contribution >= 0.6 is 0 Å². The predicted molar refractivity (Wildman–Crippen MR) is 152 cm³/mol. The van der Waals surface area contributed by atoms with Crippen LogP contribution in [0.5, 0.6) is 0 Å². The molecule has 1 saturated heterocycles. The normalized spacial score (nSPS) is 18.8. The molecule has 3 aromatic carbocycles. The van der Waals surface area contributed by atoms with E-state index >= 15 is 0 Å². The Morgan fingerprint density at radius 2 is 1.41 bits per heavy atom. The monoisotopic (exact) mass is 494 g/mol. The van der Waals surface area contributed by atoms with Gasteiger partial charge in [0, 0.05) is 74.5 Å². The van der Waals surface area contributed by atoms with Gasteiger partial charge in [-0.3, -0.25) is 9.69 Å². The quantitative estimate of drug-likeness (QED) is 0.407. The maximum Gasteiger partial charge on any atom is 0.254 e. The van der Waals surface area contributed by atoms with Crippen LogP contribution < -0.4 is 9.80 Å². The predicted octanol–water partition coefficient (Wildman–Crippen LogP) is 5.94. The van der Waals surface area contributed by atoms with Gasteiger partial charge in [0.2, 0.25) is 0 Å². The molecule has 0 aromatic heterocycles. The highest BCUT2D eigenvalue weighted by atomic mass is 16.2. The summed E-state index contributed by atoms with van der Waals surface area (Å²) in [7, 11) is 0. The molecule has 5 heteroatoms. The van der Waals surface area contributed by atoms with E-state index in [9.17, 15) is 4.79 Å². The average Bonchev–Trinajstić information content (AvgIpc) is 3.31. The third-order valence-corrected chi connectivity index (χ3v) is 8.45. The highest BCUT2D eigenvalue weighted by Crippen LogP contribution is 2.33. The highest BCUT2D eigenvalue weighted by Gasteiger charge is 2.33. The van der Waals surface area contributed by atoms with Crippen LogP contribution in [0.3, 0.4) is 0 Å². The van der Waals surface area contributed by atoms with Gasteiger partial charge in [-0.25, -0.2) is 0 Å². The molecule has 6 rings (SSSR count). The van der Waals surface area contributed by atoms with Crippen molar-refractivity contribution in [3.63, 3.8) is 0 Å². The summed E-state index contributed by atoms with van der Waals surface area (Å²) in [4.78, 5) is 22.8. The molecule has 0 atom stereocenters. The zero-order valence-corrected chi connectivity index (χ0v) is 21.8. The first kappa shape index (κ1) is 24.1. The summed E-state index contributed by atoms with van der Waals surface area (Å²) in [5.41, 5.74) is 5.81. The van der Waals surface area contributed by atoms with Crippen LogP contribution in [0.4, 0.5) is 17.1 Å². The largest absolute Gasteiger partial charge is 0.369 e. The van der Waals surface area contributed by atoms with E-state index < -0.39 is 0 Å². The second-order valence-corrected chi connectivity index (χ2v) is 10.7. The summed E-state index contributed by atoms with van der Waals surface area (Å²) in [5, 5.41) is 0. The molecular weight excluding hydrogens is 456 g/mol. The van der Waals surface area contributed by atoms with Gasteiger partial charge in [-0.05, 0) is 54.8 Å². The molecule has 0 spiro atoms. The Hall–Kier alpha value is -3.31. The molecule has 0 N–H and O–H groups in total.